The fourth-order valence-corrected chi connectivity index (χ4v) is 11.5. The minimum atomic E-state index is -0.929. The van der Waals surface area contributed by atoms with E-state index in [4.69, 9.17) is 9.47 Å². The van der Waals surface area contributed by atoms with Crippen LogP contribution in [-0.2, 0) is 10.4 Å². The Morgan fingerprint density at radius 2 is 0.906 bits per heavy atom. The van der Waals surface area contributed by atoms with Crippen molar-refractivity contribution in [3.05, 3.63) is 82.2 Å². The number of hydroxylamine groups is 8. The maximum Gasteiger partial charge on any atom is 0.146 e. The second-order valence-corrected chi connectivity index (χ2v) is 22.5. The summed E-state index contributed by atoms with van der Waals surface area (Å²) >= 11 is 3.37. The van der Waals surface area contributed by atoms with Crippen LogP contribution in [-0.4, -0.2) is 55.6 Å². The van der Waals surface area contributed by atoms with E-state index in [1.54, 1.807) is 22.7 Å². The van der Waals surface area contributed by atoms with E-state index in [9.17, 15) is 20.8 Å². The van der Waals surface area contributed by atoms with Gasteiger partial charge in [0.2, 0.25) is 0 Å². The first-order valence-corrected chi connectivity index (χ1v) is 25.2. The summed E-state index contributed by atoms with van der Waals surface area (Å²) < 4.78 is 16.1. The van der Waals surface area contributed by atoms with Gasteiger partial charge in [-0.2, -0.15) is 0 Å². The molecular weight excluding hydrogens is 841 g/mol. The van der Waals surface area contributed by atoms with E-state index < -0.39 is 34.5 Å². The van der Waals surface area contributed by atoms with Crippen molar-refractivity contribution in [2.45, 2.75) is 169 Å². The van der Waals surface area contributed by atoms with Crippen molar-refractivity contribution in [2.24, 2.45) is 11.8 Å². The predicted molar refractivity (Wildman–Crippen MR) is 263 cm³/mol. The minimum Gasteiger partial charge on any atom is -0.783 e. The minimum absolute atomic E-state index is 0.417. The van der Waals surface area contributed by atoms with Crippen molar-refractivity contribution in [3.8, 4) is 32.4 Å². The number of hydrogen-bond donors (Lipinski definition) is 0. The zero-order valence-electron chi connectivity index (χ0n) is 40.2. The van der Waals surface area contributed by atoms with Gasteiger partial charge in [0.05, 0.1) is 33.7 Å². The third-order valence-corrected chi connectivity index (χ3v) is 17.8. The summed E-state index contributed by atoms with van der Waals surface area (Å²) in [5.74, 6) is 2.55. The van der Waals surface area contributed by atoms with Gasteiger partial charge in [-0.1, -0.05) is 115 Å². The molecule has 3 aromatic carbocycles. The van der Waals surface area contributed by atoms with E-state index >= 15 is 0 Å². The maximum atomic E-state index is 13.5. The number of thiophene rings is 2. The van der Waals surface area contributed by atoms with Crippen molar-refractivity contribution in [1.82, 2.24) is 20.3 Å². The van der Waals surface area contributed by atoms with Gasteiger partial charge in [0.15, 0.2) is 0 Å². The molecule has 10 nitrogen and oxygen atoms in total. The Balaban J connectivity index is 1.33. The lowest BCUT2D eigenvalue weighted by molar-refractivity contribution is -0.232. The fraction of sp³-hybridized carbons (Fsp3) is 0.577. The fourth-order valence-electron chi connectivity index (χ4n) is 9.14. The van der Waals surface area contributed by atoms with Crippen LogP contribution in [0, 0.1) is 22.3 Å². The summed E-state index contributed by atoms with van der Waals surface area (Å²) in [4.78, 5) is 2.09. The van der Waals surface area contributed by atoms with Crippen LogP contribution in [0.1, 0.15) is 158 Å². The summed E-state index contributed by atoms with van der Waals surface area (Å²) in [6.07, 6.45) is 7.00. The molecule has 2 unspecified atom stereocenters. The maximum absolute atomic E-state index is 13.5. The molecule has 0 saturated carbocycles. The summed E-state index contributed by atoms with van der Waals surface area (Å²) in [6, 6.07) is 20.2. The molecule has 4 heterocycles. The Bertz CT molecular complexity index is 2110. The van der Waals surface area contributed by atoms with Crippen molar-refractivity contribution >= 4 is 42.8 Å². The summed E-state index contributed by atoms with van der Waals surface area (Å²) in [5, 5.41) is 60.0. The average molecular weight is 911 g/mol. The predicted octanol–water partition coefficient (Wildman–Crippen LogP) is 14.7. The first kappa shape index (κ1) is 48.8. The summed E-state index contributed by atoms with van der Waals surface area (Å²) in [6.45, 7) is 24.8. The van der Waals surface area contributed by atoms with Gasteiger partial charge in [-0.15, -0.1) is 43.2 Å². The lowest BCUT2D eigenvalue weighted by Gasteiger charge is -2.44. The molecule has 0 spiro atoms. The highest BCUT2D eigenvalue weighted by molar-refractivity contribution is 7.24. The number of nitrogens with zero attached hydrogens (tertiary/aromatic N) is 4. The molecule has 0 N–H and O–H groups in total. The molecule has 2 aromatic heterocycles. The first-order valence-electron chi connectivity index (χ1n) is 23.6. The van der Waals surface area contributed by atoms with Crippen LogP contribution in [0.3, 0.4) is 0 Å². The molecule has 2 aliphatic heterocycles. The van der Waals surface area contributed by atoms with E-state index in [1.807, 2.05) is 104 Å². The Labute approximate surface area is 389 Å². The van der Waals surface area contributed by atoms with Gasteiger partial charge >= 0.3 is 0 Å². The van der Waals surface area contributed by atoms with Gasteiger partial charge in [-0.05, 0) is 114 Å². The molecule has 2 radical (unpaired) electrons. The molecule has 5 aromatic rings. The quantitative estimate of drug-likeness (QED) is 0.0853. The summed E-state index contributed by atoms with van der Waals surface area (Å²) in [7, 11) is 0. The van der Waals surface area contributed by atoms with Crippen LogP contribution in [0.25, 0.3) is 41.1 Å². The van der Waals surface area contributed by atoms with Crippen LogP contribution in [0.5, 0.6) is 11.5 Å². The number of benzene rings is 3. The van der Waals surface area contributed by atoms with E-state index in [2.05, 4.69) is 39.8 Å². The van der Waals surface area contributed by atoms with Crippen LogP contribution in [0.2, 0.25) is 0 Å². The van der Waals surface area contributed by atoms with E-state index in [0.29, 0.717) is 36.2 Å². The molecule has 7 rings (SSSR count). The molecule has 0 aliphatic carbocycles. The number of hydrogen-bond acceptors (Lipinski definition) is 10. The first-order chi connectivity index (χ1) is 30.3. The summed E-state index contributed by atoms with van der Waals surface area (Å²) in [5.41, 5.74) is -0.137. The van der Waals surface area contributed by atoms with E-state index in [0.717, 1.165) is 124 Å². The average Bonchev–Trinajstić information content (AvgIpc) is 3.97. The molecule has 0 amide bonds. The molecule has 2 atom stereocenters. The van der Waals surface area contributed by atoms with Gasteiger partial charge in [0.25, 0.3) is 0 Å². The Kier molecular flexibility index (Phi) is 14.4. The number of fused-ring (bicyclic) bond motifs is 2. The molecular formula is C52H70N4O6S2-2. The molecule has 2 saturated heterocycles. The van der Waals surface area contributed by atoms with E-state index in [-0.39, 0.29) is 0 Å². The van der Waals surface area contributed by atoms with Gasteiger partial charge in [0, 0.05) is 31.6 Å². The van der Waals surface area contributed by atoms with Crippen LogP contribution >= 0.6 is 22.7 Å². The molecule has 12 heteroatoms. The third kappa shape index (κ3) is 8.43. The van der Waals surface area contributed by atoms with Gasteiger partial charge in [-0.3, -0.25) is 0 Å². The number of ether oxygens (including phenoxy) is 2. The lowest BCUT2D eigenvalue weighted by atomic mass is 9.84. The SMILES string of the molecule is CCCCC(CC)COc1c2cc(-c3ccc(C4N([O])C(C)(C)C(C)(C)N4[O-])cc3)sc2c(OCC(CC)CCCC)c2cc(-c3ccc(C4N([O])C(C)(C)C(C)(C)N4[O-])cc3)sc12. The third-order valence-electron chi connectivity index (χ3n) is 15.5. The lowest BCUT2D eigenvalue weighted by Crippen LogP contribution is -2.51. The Morgan fingerprint density at radius 1 is 0.562 bits per heavy atom. The highest BCUT2D eigenvalue weighted by Gasteiger charge is 2.56. The van der Waals surface area contributed by atoms with Gasteiger partial charge < -0.3 is 30.0 Å². The second kappa shape index (κ2) is 18.9. The normalized spacial score (nSPS) is 22.2. The van der Waals surface area contributed by atoms with Gasteiger partial charge in [0.1, 0.15) is 23.8 Å². The monoisotopic (exact) mass is 910 g/mol. The van der Waals surface area contributed by atoms with Gasteiger partial charge in [-0.25, -0.2) is 0 Å². The zero-order chi connectivity index (χ0) is 46.5. The zero-order valence-corrected chi connectivity index (χ0v) is 41.8. The standard InChI is InChI=1S/C52H70N4O6S2/c1-13-17-19-33(15-3)31-61-43-39-29-41(35-21-25-37(26-22-35)47-53(57)49(5,6)50(7,8)54(47)58)64-46(39)44(62-32-34(16-4)20-18-14-2)40-30-42(63-45(40)43)36-23-27-38(28-24-36)48-55(59)51(9,10)52(11,12)56(48)60/h21-30,33-34,47-48H,13-20,31-32H2,1-12H3/q-2. The van der Waals surface area contributed by atoms with Crippen molar-refractivity contribution < 1.29 is 19.9 Å². The number of unbranched alkanes of at least 4 members (excludes halogenated alkanes) is 2. The van der Waals surface area contributed by atoms with Crippen LogP contribution in [0.4, 0.5) is 0 Å². The Hall–Kier alpha value is -3.14. The molecule has 64 heavy (non-hydrogen) atoms. The molecule has 2 fully saturated rings. The number of rotatable bonds is 18. The largest absolute Gasteiger partial charge is 0.783 e. The molecule has 348 valence electrons. The second-order valence-electron chi connectivity index (χ2n) is 20.4. The van der Waals surface area contributed by atoms with E-state index in [1.165, 1.54) is 0 Å². The molecule has 2 aliphatic rings. The van der Waals surface area contributed by atoms with Crippen molar-refractivity contribution in [3.63, 3.8) is 0 Å². The topological polar surface area (TPSA) is 117 Å². The Morgan fingerprint density at radius 3 is 1.19 bits per heavy atom. The highest BCUT2D eigenvalue weighted by Crippen LogP contribution is 2.54. The van der Waals surface area contributed by atoms with Crippen LogP contribution < -0.4 is 9.47 Å². The molecule has 0 bridgehead atoms. The highest BCUT2D eigenvalue weighted by atomic mass is 32.1. The van der Waals surface area contributed by atoms with Crippen molar-refractivity contribution in [2.75, 3.05) is 13.2 Å². The smallest absolute Gasteiger partial charge is 0.146 e. The van der Waals surface area contributed by atoms with Crippen LogP contribution in [0.15, 0.2) is 60.7 Å². The van der Waals surface area contributed by atoms with Crippen molar-refractivity contribution in [1.29, 1.82) is 0 Å².